The van der Waals surface area contributed by atoms with E-state index in [0.717, 1.165) is 26.9 Å². The van der Waals surface area contributed by atoms with Gasteiger partial charge in [-0.15, -0.1) is 10.2 Å². The molecular weight excluding hydrogens is 452 g/mol. The van der Waals surface area contributed by atoms with Crippen LogP contribution >= 0.6 is 23.1 Å². The van der Waals surface area contributed by atoms with Crippen molar-refractivity contribution in [3.05, 3.63) is 96.1 Å². The van der Waals surface area contributed by atoms with Gasteiger partial charge in [-0.2, -0.15) is 0 Å². The number of amides is 1. The van der Waals surface area contributed by atoms with Crippen molar-refractivity contribution in [2.45, 2.75) is 17.3 Å². The summed E-state index contributed by atoms with van der Waals surface area (Å²) < 4.78 is 6.36. The van der Waals surface area contributed by atoms with Gasteiger partial charge in [0.05, 0.1) is 24.1 Å². The average molecular weight is 477 g/mol. The number of carbonyl (C=O) groups is 1. The fourth-order valence-corrected chi connectivity index (χ4v) is 4.84. The van der Waals surface area contributed by atoms with Crippen molar-refractivity contribution in [3.8, 4) is 5.75 Å². The Labute approximate surface area is 201 Å². The minimum Gasteiger partial charge on any atom is -0.492 e. The van der Waals surface area contributed by atoms with Gasteiger partial charge in [0.25, 0.3) is 0 Å². The van der Waals surface area contributed by atoms with Crippen molar-refractivity contribution in [2.24, 2.45) is 0 Å². The van der Waals surface area contributed by atoms with Crippen molar-refractivity contribution >= 4 is 39.8 Å². The Morgan fingerprint density at radius 2 is 1.58 bits per heavy atom. The highest BCUT2D eigenvalue weighted by atomic mass is 32.2. The third kappa shape index (κ3) is 6.34. The Kier molecular flexibility index (Phi) is 7.94. The lowest BCUT2D eigenvalue weighted by molar-refractivity contribution is -0.119. The number of benzene rings is 3. The molecular formula is C25H24N4O2S2. The quantitative estimate of drug-likeness (QED) is 0.287. The summed E-state index contributed by atoms with van der Waals surface area (Å²) in [5.41, 5.74) is 2.91. The van der Waals surface area contributed by atoms with Crippen LogP contribution in [0.3, 0.4) is 0 Å². The second kappa shape index (κ2) is 11.5. The molecule has 0 saturated carbocycles. The third-order valence-electron chi connectivity index (χ3n) is 4.73. The van der Waals surface area contributed by atoms with Gasteiger partial charge in [-0.1, -0.05) is 95.9 Å². The summed E-state index contributed by atoms with van der Waals surface area (Å²) >= 11 is 2.77. The maximum atomic E-state index is 12.8. The zero-order valence-electron chi connectivity index (χ0n) is 18.1. The van der Waals surface area contributed by atoms with Crippen LogP contribution in [0.1, 0.15) is 24.1 Å². The van der Waals surface area contributed by atoms with E-state index >= 15 is 0 Å². The van der Waals surface area contributed by atoms with Crippen LogP contribution in [0, 0.1) is 0 Å². The summed E-state index contributed by atoms with van der Waals surface area (Å²) in [6, 6.07) is 27.4. The van der Waals surface area contributed by atoms with E-state index in [1.165, 1.54) is 23.1 Å². The predicted octanol–water partition coefficient (Wildman–Crippen LogP) is 5.68. The topological polar surface area (TPSA) is 76.1 Å². The Balaban J connectivity index is 1.37. The van der Waals surface area contributed by atoms with E-state index in [4.69, 9.17) is 4.74 Å². The Morgan fingerprint density at radius 3 is 2.24 bits per heavy atom. The number of para-hydroxylation sites is 2. The number of carbonyl (C=O) groups excluding carboxylic acids is 1. The van der Waals surface area contributed by atoms with Crippen LogP contribution in [-0.4, -0.2) is 28.5 Å². The molecule has 3 aromatic carbocycles. The first-order valence-corrected chi connectivity index (χ1v) is 12.4. The number of nitrogens with zero attached hydrogens (tertiary/aromatic N) is 2. The molecule has 168 valence electrons. The number of aromatic nitrogens is 2. The van der Waals surface area contributed by atoms with Crippen LogP contribution < -0.4 is 15.4 Å². The third-order valence-corrected chi connectivity index (χ3v) is 6.70. The predicted molar refractivity (Wildman–Crippen MR) is 134 cm³/mol. The molecule has 4 rings (SSSR count). The number of hydrogen-bond donors (Lipinski definition) is 2. The fraction of sp³-hybridized carbons (Fsp3) is 0.160. The molecule has 0 atom stereocenters. The Bertz CT molecular complexity index is 1130. The molecule has 1 amide bonds. The van der Waals surface area contributed by atoms with Crippen LogP contribution in [0.5, 0.6) is 5.75 Å². The molecule has 0 unspecified atom stereocenters. The van der Waals surface area contributed by atoms with Gasteiger partial charge < -0.3 is 15.4 Å². The monoisotopic (exact) mass is 476 g/mol. The summed E-state index contributed by atoms with van der Waals surface area (Å²) in [4.78, 5) is 12.8. The zero-order chi connectivity index (χ0) is 22.9. The van der Waals surface area contributed by atoms with Crippen molar-refractivity contribution in [2.75, 3.05) is 17.7 Å². The molecule has 2 N–H and O–H groups in total. The van der Waals surface area contributed by atoms with Crippen molar-refractivity contribution < 1.29 is 9.53 Å². The van der Waals surface area contributed by atoms with Crippen LogP contribution in [-0.2, 0) is 4.79 Å². The highest BCUT2D eigenvalue weighted by molar-refractivity contribution is 8.01. The summed E-state index contributed by atoms with van der Waals surface area (Å²) in [7, 11) is 0. The number of anilines is 2. The number of nitrogens with one attached hydrogen (secondary N) is 2. The van der Waals surface area contributed by atoms with E-state index in [1.807, 2.05) is 91.9 Å². The molecule has 0 spiro atoms. The molecule has 0 aliphatic carbocycles. The summed E-state index contributed by atoms with van der Waals surface area (Å²) in [5, 5.41) is 15.4. The van der Waals surface area contributed by atoms with Gasteiger partial charge in [-0.05, 0) is 30.2 Å². The van der Waals surface area contributed by atoms with E-state index in [1.54, 1.807) is 0 Å². The van der Waals surface area contributed by atoms with Gasteiger partial charge in [-0.3, -0.25) is 4.79 Å². The second-order valence-corrected chi connectivity index (χ2v) is 9.24. The summed E-state index contributed by atoms with van der Waals surface area (Å²) in [6.07, 6.45) is 0. The molecule has 33 heavy (non-hydrogen) atoms. The molecule has 8 heteroatoms. The van der Waals surface area contributed by atoms with E-state index in [-0.39, 0.29) is 17.7 Å². The first-order chi connectivity index (χ1) is 16.2. The van der Waals surface area contributed by atoms with Crippen LogP contribution in [0.15, 0.2) is 89.3 Å². The van der Waals surface area contributed by atoms with Gasteiger partial charge in [0.15, 0.2) is 4.34 Å². The summed E-state index contributed by atoms with van der Waals surface area (Å²) in [5.74, 6) is 0.945. The lowest BCUT2D eigenvalue weighted by Crippen LogP contribution is -2.30. The van der Waals surface area contributed by atoms with Crippen molar-refractivity contribution in [3.63, 3.8) is 0 Å². The maximum Gasteiger partial charge on any atom is 0.231 e. The number of ether oxygens (including phenoxy) is 1. The molecule has 1 heterocycles. The zero-order valence-corrected chi connectivity index (χ0v) is 19.7. The van der Waals surface area contributed by atoms with E-state index < -0.39 is 0 Å². The molecule has 0 fully saturated rings. The van der Waals surface area contributed by atoms with Crippen LogP contribution in [0.2, 0.25) is 0 Å². The Morgan fingerprint density at radius 1 is 0.939 bits per heavy atom. The number of thioether (sulfide) groups is 1. The van der Waals surface area contributed by atoms with Crippen molar-refractivity contribution in [1.29, 1.82) is 0 Å². The summed E-state index contributed by atoms with van der Waals surface area (Å²) in [6.45, 7) is 2.53. The van der Waals surface area contributed by atoms with Crippen LogP contribution in [0.4, 0.5) is 10.8 Å². The number of rotatable bonds is 10. The lowest BCUT2D eigenvalue weighted by atomic mass is 9.99. The van der Waals surface area contributed by atoms with Gasteiger partial charge in [-0.25, -0.2) is 0 Å². The normalized spacial score (nSPS) is 10.7. The Hall–Kier alpha value is -3.36. The van der Waals surface area contributed by atoms with E-state index in [0.29, 0.717) is 11.7 Å². The molecule has 0 bridgehead atoms. The minimum absolute atomic E-state index is 0.0656. The molecule has 0 aliphatic rings. The smallest absolute Gasteiger partial charge is 0.231 e. The highest BCUT2D eigenvalue weighted by Crippen LogP contribution is 2.31. The van der Waals surface area contributed by atoms with Gasteiger partial charge in [0.2, 0.25) is 11.0 Å². The first-order valence-electron chi connectivity index (χ1n) is 10.6. The highest BCUT2D eigenvalue weighted by Gasteiger charge is 2.17. The first kappa shape index (κ1) is 22.8. The minimum atomic E-state index is -0.206. The van der Waals surface area contributed by atoms with Gasteiger partial charge in [0.1, 0.15) is 5.75 Å². The lowest BCUT2D eigenvalue weighted by Gasteiger charge is -2.19. The van der Waals surface area contributed by atoms with Gasteiger partial charge in [0, 0.05) is 0 Å². The van der Waals surface area contributed by atoms with Crippen molar-refractivity contribution in [1.82, 2.24) is 15.5 Å². The standard InChI is InChI=1S/C25H24N4O2S2/c1-2-31-21-16-10-9-15-20(21)26-24-28-29-25(33-24)32-17-22(30)27-23(18-11-5-3-6-12-18)19-13-7-4-8-14-19/h3-16,23H,2,17H2,1H3,(H,26,28)(H,27,30). The molecule has 0 saturated heterocycles. The SMILES string of the molecule is CCOc1ccccc1Nc1nnc(SCC(=O)NC(c2ccccc2)c2ccccc2)s1. The van der Waals surface area contributed by atoms with E-state index in [9.17, 15) is 4.79 Å². The fourth-order valence-electron chi connectivity index (χ4n) is 3.27. The largest absolute Gasteiger partial charge is 0.492 e. The molecule has 6 nitrogen and oxygen atoms in total. The van der Waals surface area contributed by atoms with E-state index in [2.05, 4.69) is 20.8 Å². The molecule has 0 radical (unpaired) electrons. The molecule has 4 aromatic rings. The average Bonchev–Trinajstić information content (AvgIpc) is 3.31. The van der Waals surface area contributed by atoms with Gasteiger partial charge >= 0.3 is 0 Å². The molecule has 0 aliphatic heterocycles. The molecule has 1 aromatic heterocycles. The van der Waals surface area contributed by atoms with Crippen LogP contribution in [0.25, 0.3) is 0 Å². The number of hydrogen-bond acceptors (Lipinski definition) is 7. The second-order valence-electron chi connectivity index (χ2n) is 7.04. The maximum absolute atomic E-state index is 12.8.